The SMILES string of the molecule is O=Cc1ccccc1-c1ccc(C(=C(c2ccccc2)c2ccccc2)c2ccccc2)cc1. The fraction of sp³-hybridized carbons (Fsp3) is 0. The average Bonchev–Trinajstić information content (AvgIpc) is 2.93. The predicted molar refractivity (Wildman–Crippen MR) is 142 cm³/mol. The van der Waals surface area contributed by atoms with Crippen LogP contribution in [0.5, 0.6) is 0 Å². The molecule has 5 aromatic carbocycles. The van der Waals surface area contributed by atoms with Crippen molar-refractivity contribution in [2.24, 2.45) is 0 Å². The summed E-state index contributed by atoms with van der Waals surface area (Å²) in [6.07, 6.45) is 0.918. The smallest absolute Gasteiger partial charge is 0.150 e. The van der Waals surface area contributed by atoms with Crippen molar-refractivity contribution >= 4 is 17.4 Å². The van der Waals surface area contributed by atoms with E-state index < -0.39 is 0 Å². The van der Waals surface area contributed by atoms with Crippen LogP contribution < -0.4 is 0 Å². The van der Waals surface area contributed by atoms with Crippen LogP contribution in [-0.4, -0.2) is 6.29 Å². The lowest BCUT2D eigenvalue weighted by Gasteiger charge is -2.18. The van der Waals surface area contributed by atoms with Crippen molar-refractivity contribution < 1.29 is 4.79 Å². The van der Waals surface area contributed by atoms with Crippen molar-refractivity contribution in [2.75, 3.05) is 0 Å². The van der Waals surface area contributed by atoms with Gasteiger partial charge in [0.15, 0.2) is 6.29 Å². The quantitative estimate of drug-likeness (QED) is 0.194. The molecule has 0 aromatic heterocycles. The van der Waals surface area contributed by atoms with Gasteiger partial charge in [-0.15, -0.1) is 0 Å². The molecule has 0 aliphatic heterocycles. The Labute approximate surface area is 200 Å². The first-order valence-corrected chi connectivity index (χ1v) is 11.4. The van der Waals surface area contributed by atoms with Gasteiger partial charge in [0.05, 0.1) is 0 Å². The van der Waals surface area contributed by atoms with Gasteiger partial charge < -0.3 is 0 Å². The van der Waals surface area contributed by atoms with Gasteiger partial charge in [0.25, 0.3) is 0 Å². The van der Waals surface area contributed by atoms with E-state index in [-0.39, 0.29) is 0 Å². The lowest BCUT2D eigenvalue weighted by atomic mass is 9.85. The first-order valence-electron chi connectivity index (χ1n) is 11.4. The zero-order valence-electron chi connectivity index (χ0n) is 18.8. The van der Waals surface area contributed by atoms with E-state index in [2.05, 4.69) is 97.1 Å². The van der Waals surface area contributed by atoms with Crippen molar-refractivity contribution in [3.63, 3.8) is 0 Å². The Kier molecular flexibility index (Phi) is 6.27. The maximum absolute atomic E-state index is 11.6. The largest absolute Gasteiger partial charge is 0.298 e. The fourth-order valence-corrected chi connectivity index (χ4v) is 4.40. The molecular formula is C33H24O. The highest BCUT2D eigenvalue weighted by molar-refractivity contribution is 6.04. The number of benzene rings is 5. The van der Waals surface area contributed by atoms with Crippen LogP contribution in [0.4, 0.5) is 0 Å². The summed E-state index contributed by atoms with van der Waals surface area (Å²) in [6.45, 7) is 0. The number of carbonyl (C=O) groups excluding carboxylic acids is 1. The second-order valence-corrected chi connectivity index (χ2v) is 8.13. The van der Waals surface area contributed by atoms with Gasteiger partial charge in [-0.1, -0.05) is 140 Å². The van der Waals surface area contributed by atoms with E-state index in [1.807, 2.05) is 42.5 Å². The van der Waals surface area contributed by atoms with Crippen molar-refractivity contribution in [1.82, 2.24) is 0 Å². The van der Waals surface area contributed by atoms with Crippen LogP contribution in [0, 0.1) is 0 Å². The van der Waals surface area contributed by atoms with E-state index >= 15 is 0 Å². The molecule has 5 aromatic rings. The number of hydrogen-bond donors (Lipinski definition) is 0. The average molecular weight is 437 g/mol. The number of carbonyl (C=O) groups is 1. The maximum Gasteiger partial charge on any atom is 0.150 e. The lowest BCUT2D eigenvalue weighted by Crippen LogP contribution is -1.97. The molecule has 0 N–H and O–H groups in total. The molecule has 5 rings (SSSR count). The summed E-state index contributed by atoms with van der Waals surface area (Å²) in [5.41, 5.74) is 9.66. The number of rotatable bonds is 6. The molecule has 1 heteroatoms. The number of aldehydes is 1. The molecule has 0 saturated heterocycles. The Hall–Kier alpha value is -4.49. The van der Waals surface area contributed by atoms with Crippen LogP contribution in [0.1, 0.15) is 32.6 Å². The predicted octanol–water partition coefficient (Wildman–Crippen LogP) is 8.17. The minimum atomic E-state index is 0.698. The summed E-state index contributed by atoms with van der Waals surface area (Å²) in [4.78, 5) is 11.6. The Morgan fingerprint density at radius 1 is 0.412 bits per heavy atom. The van der Waals surface area contributed by atoms with Crippen molar-refractivity contribution in [3.8, 4) is 11.1 Å². The third-order valence-electron chi connectivity index (χ3n) is 6.01. The summed E-state index contributed by atoms with van der Waals surface area (Å²) in [5.74, 6) is 0. The lowest BCUT2D eigenvalue weighted by molar-refractivity contribution is 0.112. The van der Waals surface area contributed by atoms with Gasteiger partial charge >= 0.3 is 0 Å². The first kappa shape index (κ1) is 21.4. The molecule has 0 aliphatic rings. The van der Waals surface area contributed by atoms with Gasteiger partial charge in [-0.05, 0) is 44.5 Å². The van der Waals surface area contributed by atoms with E-state index in [0.29, 0.717) is 5.56 Å². The van der Waals surface area contributed by atoms with E-state index in [4.69, 9.17) is 0 Å². The molecular weight excluding hydrogens is 412 g/mol. The molecule has 0 unspecified atom stereocenters. The fourth-order valence-electron chi connectivity index (χ4n) is 4.40. The van der Waals surface area contributed by atoms with Crippen LogP contribution in [0.15, 0.2) is 140 Å². The molecule has 0 atom stereocenters. The van der Waals surface area contributed by atoms with Gasteiger partial charge in [-0.25, -0.2) is 0 Å². The summed E-state index contributed by atoms with van der Waals surface area (Å²) in [5, 5.41) is 0. The van der Waals surface area contributed by atoms with E-state index in [1.165, 1.54) is 22.3 Å². The molecule has 162 valence electrons. The Bertz CT molecular complexity index is 1370. The maximum atomic E-state index is 11.6. The van der Waals surface area contributed by atoms with Crippen molar-refractivity contribution in [1.29, 1.82) is 0 Å². The summed E-state index contributed by atoms with van der Waals surface area (Å²) in [6, 6.07) is 47.9. The van der Waals surface area contributed by atoms with E-state index in [0.717, 1.165) is 28.5 Å². The number of hydrogen-bond acceptors (Lipinski definition) is 1. The molecule has 0 amide bonds. The van der Waals surface area contributed by atoms with Gasteiger partial charge in [0, 0.05) is 5.56 Å². The highest BCUT2D eigenvalue weighted by Crippen LogP contribution is 2.37. The first-order chi connectivity index (χ1) is 16.8. The van der Waals surface area contributed by atoms with E-state index in [1.54, 1.807) is 0 Å². The molecule has 0 heterocycles. The van der Waals surface area contributed by atoms with Gasteiger partial charge in [0.2, 0.25) is 0 Å². The topological polar surface area (TPSA) is 17.1 Å². The third-order valence-corrected chi connectivity index (χ3v) is 6.01. The second kappa shape index (κ2) is 9.97. The van der Waals surface area contributed by atoms with Crippen LogP contribution in [-0.2, 0) is 0 Å². The van der Waals surface area contributed by atoms with Crippen molar-refractivity contribution in [3.05, 3.63) is 167 Å². The Morgan fingerprint density at radius 3 is 1.24 bits per heavy atom. The normalized spacial score (nSPS) is 10.5. The Morgan fingerprint density at radius 2 is 0.794 bits per heavy atom. The molecule has 0 aliphatic carbocycles. The van der Waals surface area contributed by atoms with Crippen LogP contribution in [0.25, 0.3) is 22.3 Å². The Balaban J connectivity index is 1.75. The van der Waals surface area contributed by atoms with Crippen LogP contribution >= 0.6 is 0 Å². The second-order valence-electron chi connectivity index (χ2n) is 8.13. The minimum Gasteiger partial charge on any atom is -0.298 e. The summed E-state index contributed by atoms with van der Waals surface area (Å²) in [7, 11) is 0. The standard InChI is InChI=1S/C33H24O/c34-24-30-18-10-11-19-31(30)25-20-22-29(23-21-25)33(28-16-8-3-9-17-28)32(26-12-4-1-5-13-26)27-14-6-2-7-15-27/h1-24H. The van der Waals surface area contributed by atoms with Crippen LogP contribution in [0.2, 0.25) is 0 Å². The monoisotopic (exact) mass is 436 g/mol. The zero-order chi connectivity index (χ0) is 23.2. The molecule has 0 fully saturated rings. The van der Waals surface area contributed by atoms with Gasteiger partial charge in [-0.2, -0.15) is 0 Å². The van der Waals surface area contributed by atoms with Gasteiger partial charge in [-0.3, -0.25) is 4.79 Å². The highest BCUT2D eigenvalue weighted by atomic mass is 16.1. The van der Waals surface area contributed by atoms with Crippen molar-refractivity contribution in [2.45, 2.75) is 0 Å². The summed E-state index contributed by atoms with van der Waals surface area (Å²) < 4.78 is 0. The molecule has 34 heavy (non-hydrogen) atoms. The molecule has 0 bridgehead atoms. The third kappa shape index (κ3) is 4.37. The zero-order valence-corrected chi connectivity index (χ0v) is 18.8. The molecule has 1 nitrogen and oxygen atoms in total. The highest BCUT2D eigenvalue weighted by Gasteiger charge is 2.16. The minimum absolute atomic E-state index is 0.698. The molecule has 0 radical (unpaired) electrons. The summed E-state index contributed by atoms with van der Waals surface area (Å²) >= 11 is 0. The molecule has 0 spiro atoms. The van der Waals surface area contributed by atoms with Crippen LogP contribution in [0.3, 0.4) is 0 Å². The molecule has 0 saturated carbocycles. The van der Waals surface area contributed by atoms with Gasteiger partial charge in [0.1, 0.15) is 0 Å². The van der Waals surface area contributed by atoms with E-state index in [9.17, 15) is 4.79 Å².